The van der Waals surface area contributed by atoms with Crippen LogP contribution in [0.25, 0.3) is 10.9 Å². The lowest BCUT2D eigenvalue weighted by Crippen LogP contribution is -2.14. The molecule has 0 amide bonds. The summed E-state index contributed by atoms with van der Waals surface area (Å²) < 4.78 is 2.37. The Kier molecular flexibility index (Phi) is 5.84. The SMILES string of the molecule is CCc1nn(C2CCCCC2)c2cc(C(Cc3ccncc3)c3ccccc3)ccc12. The Morgan fingerprint density at radius 2 is 1.68 bits per heavy atom. The summed E-state index contributed by atoms with van der Waals surface area (Å²) >= 11 is 0. The minimum atomic E-state index is 0.313. The molecule has 0 spiro atoms. The van der Waals surface area contributed by atoms with Crippen LogP contribution in [0.15, 0.2) is 73.1 Å². The van der Waals surface area contributed by atoms with Crippen molar-refractivity contribution in [3.8, 4) is 0 Å². The lowest BCUT2D eigenvalue weighted by molar-refractivity contribution is 0.336. The maximum Gasteiger partial charge on any atom is 0.0700 e. The fraction of sp³-hybridized carbons (Fsp3) is 0.357. The Balaban J connectivity index is 1.60. The van der Waals surface area contributed by atoms with Gasteiger partial charge in [0, 0.05) is 23.7 Å². The number of rotatable bonds is 6. The van der Waals surface area contributed by atoms with Gasteiger partial charge in [-0.15, -0.1) is 0 Å². The van der Waals surface area contributed by atoms with Gasteiger partial charge in [-0.3, -0.25) is 9.67 Å². The van der Waals surface area contributed by atoms with Crippen molar-refractivity contribution in [2.75, 3.05) is 0 Å². The van der Waals surface area contributed by atoms with Gasteiger partial charge in [-0.1, -0.05) is 68.7 Å². The second-order valence-corrected chi connectivity index (χ2v) is 8.84. The molecule has 1 fully saturated rings. The zero-order valence-electron chi connectivity index (χ0n) is 18.4. The van der Waals surface area contributed by atoms with Crippen molar-refractivity contribution < 1.29 is 0 Å². The monoisotopic (exact) mass is 409 g/mol. The van der Waals surface area contributed by atoms with E-state index >= 15 is 0 Å². The molecule has 31 heavy (non-hydrogen) atoms. The molecular weight excluding hydrogens is 378 g/mol. The highest BCUT2D eigenvalue weighted by Gasteiger charge is 2.22. The summed E-state index contributed by atoms with van der Waals surface area (Å²) in [6.07, 6.45) is 12.3. The third-order valence-corrected chi connectivity index (χ3v) is 6.86. The Labute approximate surface area is 185 Å². The lowest BCUT2D eigenvalue weighted by Gasteiger charge is -2.23. The molecule has 5 rings (SSSR count). The van der Waals surface area contributed by atoms with Crippen molar-refractivity contribution in [1.29, 1.82) is 0 Å². The molecule has 1 unspecified atom stereocenters. The van der Waals surface area contributed by atoms with E-state index in [9.17, 15) is 0 Å². The van der Waals surface area contributed by atoms with E-state index in [-0.39, 0.29) is 0 Å². The summed E-state index contributed by atoms with van der Waals surface area (Å²) in [5, 5.41) is 6.42. The molecule has 1 saturated carbocycles. The second kappa shape index (κ2) is 9.05. The second-order valence-electron chi connectivity index (χ2n) is 8.84. The molecule has 158 valence electrons. The number of benzene rings is 2. The van der Waals surface area contributed by atoms with Crippen molar-refractivity contribution in [3.63, 3.8) is 0 Å². The van der Waals surface area contributed by atoms with Crippen LogP contribution < -0.4 is 0 Å². The van der Waals surface area contributed by atoms with Crippen LogP contribution in [0.1, 0.15) is 73.4 Å². The molecule has 3 nitrogen and oxygen atoms in total. The van der Waals surface area contributed by atoms with Gasteiger partial charge >= 0.3 is 0 Å². The van der Waals surface area contributed by atoms with Crippen LogP contribution in [-0.4, -0.2) is 14.8 Å². The van der Waals surface area contributed by atoms with Gasteiger partial charge in [0.15, 0.2) is 0 Å². The Morgan fingerprint density at radius 3 is 2.42 bits per heavy atom. The van der Waals surface area contributed by atoms with Crippen LogP contribution in [0.5, 0.6) is 0 Å². The number of aromatic nitrogens is 3. The molecule has 0 radical (unpaired) electrons. The largest absolute Gasteiger partial charge is 0.265 e. The summed E-state index contributed by atoms with van der Waals surface area (Å²) in [4.78, 5) is 4.20. The first-order valence-corrected chi connectivity index (χ1v) is 11.8. The number of hydrogen-bond donors (Lipinski definition) is 0. The molecule has 2 aromatic heterocycles. The van der Waals surface area contributed by atoms with Crippen LogP contribution >= 0.6 is 0 Å². The zero-order valence-corrected chi connectivity index (χ0v) is 18.4. The smallest absolute Gasteiger partial charge is 0.0700 e. The number of pyridine rings is 1. The van der Waals surface area contributed by atoms with Crippen LogP contribution in [0.2, 0.25) is 0 Å². The van der Waals surface area contributed by atoms with Gasteiger partial charge in [0.25, 0.3) is 0 Å². The van der Waals surface area contributed by atoms with Gasteiger partial charge in [0.2, 0.25) is 0 Å². The number of aryl methyl sites for hydroxylation is 1. The molecular formula is C28H31N3. The minimum absolute atomic E-state index is 0.313. The van der Waals surface area contributed by atoms with Crippen molar-refractivity contribution in [1.82, 2.24) is 14.8 Å². The van der Waals surface area contributed by atoms with Crippen molar-refractivity contribution in [2.45, 2.75) is 63.8 Å². The number of fused-ring (bicyclic) bond motifs is 1. The summed E-state index contributed by atoms with van der Waals surface area (Å²) in [6.45, 7) is 2.22. The fourth-order valence-corrected chi connectivity index (χ4v) is 5.17. The summed E-state index contributed by atoms with van der Waals surface area (Å²) in [7, 11) is 0. The third kappa shape index (κ3) is 4.14. The van der Waals surface area contributed by atoms with E-state index in [0.717, 1.165) is 12.8 Å². The molecule has 4 aromatic rings. The predicted molar refractivity (Wildman–Crippen MR) is 127 cm³/mol. The van der Waals surface area contributed by atoms with Gasteiger partial charge in [0.1, 0.15) is 0 Å². The molecule has 0 saturated heterocycles. The molecule has 3 heteroatoms. The first kappa shape index (κ1) is 20.0. The first-order chi connectivity index (χ1) is 15.3. The Hall–Kier alpha value is -2.94. The Morgan fingerprint density at radius 1 is 0.903 bits per heavy atom. The van der Waals surface area contributed by atoms with E-state index in [1.165, 1.54) is 65.4 Å². The molecule has 0 aliphatic heterocycles. The normalized spacial score (nSPS) is 15.9. The zero-order chi connectivity index (χ0) is 21.0. The summed E-state index contributed by atoms with van der Waals surface area (Å²) in [5.41, 5.74) is 6.60. The van der Waals surface area contributed by atoms with E-state index in [1.807, 2.05) is 12.4 Å². The average Bonchev–Trinajstić information content (AvgIpc) is 3.22. The highest BCUT2D eigenvalue weighted by atomic mass is 15.3. The van der Waals surface area contributed by atoms with Crippen LogP contribution in [0, 0.1) is 0 Å². The third-order valence-electron chi connectivity index (χ3n) is 6.86. The summed E-state index contributed by atoms with van der Waals surface area (Å²) in [5.74, 6) is 0.313. The average molecular weight is 410 g/mol. The van der Waals surface area contributed by atoms with Gasteiger partial charge in [-0.05, 0) is 60.6 Å². The number of nitrogens with zero attached hydrogens (tertiary/aromatic N) is 3. The maximum atomic E-state index is 5.10. The van der Waals surface area contributed by atoms with E-state index in [1.54, 1.807) is 0 Å². The molecule has 2 heterocycles. The van der Waals surface area contributed by atoms with Gasteiger partial charge in [0.05, 0.1) is 17.3 Å². The topological polar surface area (TPSA) is 30.7 Å². The van der Waals surface area contributed by atoms with Gasteiger partial charge in [-0.2, -0.15) is 5.10 Å². The highest BCUT2D eigenvalue weighted by Crippen LogP contribution is 2.35. The highest BCUT2D eigenvalue weighted by molar-refractivity contribution is 5.83. The molecule has 0 N–H and O–H groups in total. The number of hydrogen-bond acceptors (Lipinski definition) is 2. The van der Waals surface area contributed by atoms with E-state index in [4.69, 9.17) is 5.10 Å². The van der Waals surface area contributed by atoms with E-state index in [0.29, 0.717) is 12.0 Å². The van der Waals surface area contributed by atoms with Crippen molar-refractivity contribution in [3.05, 3.63) is 95.4 Å². The minimum Gasteiger partial charge on any atom is -0.265 e. The molecule has 1 aliphatic rings. The fourth-order valence-electron chi connectivity index (χ4n) is 5.17. The quantitative estimate of drug-likeness (QED) is 0.348. The molecule has 0 bridgehead atoms. The predicted octanol–water partition coefficient (Wildman–Crippen LogP) is 6.87. The van der Waals surface area contributed by atoms with Crippen LogP contribution in [0.3, 0.4) is 0 Å². The van der Waals surface area contributed by atoms with Gasteiger partial charge in [-0.25, -0.2) is 0 Å². The van der Waals surface area contributed by atoms with Crippen LogP contribution in [0.4, 0.5) is 0 Å². The van der Waals surface area contributed by atoms with Crippen molar-refractivity contribution in [2.24, 2.45) is 0 Å². The maximum absolute atomic E-state index is 5.10. The van der Waals surface area contributed by atoms with Crippen molar-refractivity contribution >= 4 is 10.9 Å². The van der Waals surface area contributed by atoms with E-state index < -0.39 is 0 Å². The lowest BCUT2D eigenvalue weighted by atomic mass is 9.85. The summed E-state index contributed by atoms with van der Waals surface area (Å²) in [6, 6.07) is 22.8. The molecule has 2 aromatic carbocycles. The Bertz CT molecular complexity index is 1130. The standard InChI is InChI=1S/C28H31N3/c1-2-27-25-14-13-23(20-28(25)31(30-27)24-11-7-4-8-12-24)26(22-9-5-3-6-10-22)19-21-15-17-29-18-16-21/h3,5-6,9-10,13-18,20,24,26H,2,4,7-8,11-12,19H2,1H3. The molecule has 1 aliphatic carbocycles. The molecule has 1 atom stereocenters. The van der Waals surface area contributed by atoms with Crippen LogP contribution in [-0.2, 0) is 12.8 Å². The van der Waals surface area contributed by atoms with E-state index in [2.05, 4.69) is 77.3 Å². The van der Waals surface area contributed by atoms with Gasteiger partial charge < -0.3 is 0 Å². The first-order valence-electron chi connectivity index (χ1n) is 11.8.